The highest BCUT2D eigenvalue weighted by Gasteiger charge is 2.07. The molecule has 0 bridgehead atoms. The number of benzene rings is 2. The van der Waals surface area contributed by atoms with E-state index in [4.69, 9.17) is 10.5 Å². The molecule has 0 saturated carbocycles. The van der Waals surface area contributed by atoms with Crippen LogP contribution in [0.2, 0.25) is 0 Å². The number of rotatable bonds is 4. The van der Waals surface area contributed by atoms with Gasteiger partial charge in [0.2, 0.25) is 0 Å². The summed E-state index contributed by atoms with van der Waals surface area (Å²) in [5, 5.41) is 0. The summed E-state index contributed by atoms with van der Waals surface area (Å²) in [5.41, 5.74) is 6.98. The summed E-state index contributed by atoms with van der Waals surface area (Å²) < 4.78 is 19.8. The zero-order valence-electron chi connectivity index (χ0n) is 10.6. The van der Waals surface area contributed by atoms with Gasteiger partial charge in [-0.3, -0.25) is 0 Å². The molecule has 0 fully saturated rings. The van der Waals surface area contributed by atoms with Crippen molar-refractivity contribution in [1.82, 2.24) is 0 Å². The van der Waals surface area contributed by atoms with Crippen LogP contribution in [0.4, 0.5) is 4.39 Å². The highest BCUT2D eigenvalue weighted by atomic mass is 79.9. The molecule has 2 aromatic rings. The van der Waals surface area contributed by atoms with Crippen LogP contribution in [0.5, 0.6) is 11.5 Å². The number of ether oxygens (including phenoxy) is 1. The van der Waals surface area contributed by atoms with Crippen LogP contribution in [-0.2, 0) is 0 Å². The Morgan fingerprint density at radius 2 is 1.89 bits per heavy atom. The Hall–Kier alpha value is -1.39. The van der Waals surface area contributed by atoms with Crippen molar-refractivity contribution in [2.24, 2.45) is 5.73 Å². The number of halogens is 2. The Bertz CT molecular complexity index is 557. The average molecular weight is 324 g/mol. The van der Waals surface area contributed by atoms with Crippen molar-refractivity contribution in [2.75, 3.05) is 0 Å². The molecule has 2 aromatic carbocycles. The summed E-state index contributed by atoms with van der Waals surface area (Å²) in [7, 11) is 0. The van der Waals surface area contributed by atoms with Gasteiger partial charge in [-0.1, -0.05) is 35.0 Å². The van der Waals surface area contributed by atoms with Gasteiger partial charge in [0.25, 0.3) is 0 Å². The second-order valence-corrected chi connectivity index (χ2v) is 5.18. The monoisotopic (exact) mass is 323 g/mol. The molecule has 0 saturated heterocycles. The molecule has 1 atom stereocenters. The van der Waals surface area contributed by atoms with Crippen LogP contribution >= 0.6 is 15.9 Å². The normalized spacial score (nSPS) is 12.2. The van der Waals surface area contributed by atoms with E-state index >= 15 is 0 Å². The van der Waals surface area contributed by atoms with Crippen LogP contribution in [0.15, 0.2) is 46.9 Å². The van der Waals surface area contributed by atoms with E-state index in [1.807, 2.05) is 19.1 Å². The van der Waals surface area contributed by atoms with Crippen molar-refractivity contribution in [3.63, 3.8) is 0 Å². The number of nitrogens with two attached hydrogens (primary N) is 1. The minimum absolute atomic E-state index is 0.0264. The SMILES string of the molecule is CC[C@@H](N)c1ccc(Oc2ccc(Br)cc2F)cc1. The molecule has 0 aliphatic rings. The maximum absolute atomic E-state index is 13.6. The predicted octanol–water partition coefficient (Wildman–Crippen LogP) is 4.79. The van der Waals surface area contributed by atoms with Crippen LogP contribution in [0.25, 0.3) is 0 Å². The molecule has 0 unspecified atom stereocenters. The zero-order valence-corrected chi connectivity index (χ0v) is 12.2. The quantitative estimate of drug-likeness (QED) is 0.877. The largest absolute Gasteiger partial charge is 0.454 e. The fourth-order valence-corrected chi connectivity index (χ4v) is 2.04. The van der Waals surface area contributed by atoms with Crippen molar-refractivity contribution >= 4 is 15.9 Å². The Morgan fingerprint density at radius 3 is 2.47 bits per heavy atom. The lowest BCUT2D eigenvalue weighted by Crippen LogP contribution is -2.08. The van der Waals surface area contributed by atoms with Crippen LogP contribution in [0.1, 0.15) is 24.9 Å². The topological polar surface area (TPSA) is 35.2 Å². The maximum atomic E-state index is 13.6. The lowest BCUT2D eigenvalue weighted by Gasteiger charge is -2.11. The van der Waals surface area contributed by atoms with Gasteiger partial charge < -0.3 is 10.5 Å². The van der Waals surface area contributed by atoms with E-state index in [1.54, 1.807) is 24.3 Å². The van der Waals surface area contributed by atoms with Crippen molar-refractivity contribution in [3.8, 4) is 11.5 Å². The summed E-state index contributed by atoms with van der Waals surface area (Å²) in [6, 6.07) is 12.1. The second-order valence-electron chi connectivity index (χ2n) is 4.26. The lowest BCUT2D eigenvalue weighted by atomic mass is 10.1. The molecule has 0 heterocycles. The van der Waals surface area contributed by atoms with Crippen molar-refractivity contribution in [3.05, 3.63) is 58.3 Å². The van der Waals surface area contributed by atoms with E-state index in [0.717, 1.165) is 12.0 Å². The molecule has 2 N–H and O–H groups in total. The minimum atomic E-state index is -0.399. The van der Waals surface area contributed by atoms with Crippen LogP contribution < -0.4 is 10.5 Å². The first-order chi connectivity index (χ1) is 9.10. The standard InChI is InChI=1S/C15H15BrFNO/c1-2-14(18)10-3-6-12(7-4-10)19-15-8-5-11(16)9-13(15)17/h3-9,14H,2,18H2,1H3/t14-/m1/s1. The fourth-order valence-electron chi connectivity index (χ4n) is 1.70. The molecule has 100 valence electrons. The number of hydrogen-bond donors (Lipinski definition) is 1. The van der Waals surface area contributed by atoms with Gasteiger partial charge in [0.1, 0.15) is 5.75 Å². The Labute approximate surface area is 120 Å². The van der Waals surface area contributed by atoms with Crippen molar-refractivity contribution in [1.29, 1.82) is 0 Å². The van der Waals surface area contributed by atoms with E-state index in [1.165, 1.54) is 6.07 Å². The predicted molar refractivity (Wildman–Crippen MR) is 77.8 cm³/mol. The first-order valence-corrected chi connectivity index (χ1v) is 6.88. The van der Waals surface area contributed by atoms with Gasteiger partial charge in [-0.15, -0.1) is 0 Å². The molecule has 0 radical (unpaired) electrons. The lowest BCUT2D eigenvalue weighted by molar-refractivity contribution is 0.441. The van der Waals surface area contributed by atoms with E-state index in [9.17, 15) is 4.39 Å². The Morgan fingerprint density at radius 1 is 1.21 bits per heavy atom. The molecule has 0 aromatic heterocycles. The van der Waals surface area contributed by atoms with Crippen LogP contribution in [-0.4, -0.2) is 0 Å². The molecular formula is C15H15BrFNO. The summed E-state index contributed by atoms with van der Waals surface area (Å²) in [6.45, 7) is 2.03. The van der Waals surface area contributed by atoms with Crippen molar-refractivity contribution < 1.29 is 9.13 Å². The molecule has 2 nitrogen and oxygen atoms in total. The summed E-state index contributed by atoms with van der Waals surface area (Å²) in [6.07, 6.45) is 0.877. The maximum Gasteiger partial charge on any atom is 0.166 e. The Balaban J connectivity index is 2.15. The fraction of sp³-hybridized carbons (Fsp3) is 0.200. The first kappa shape index (κ1) is 14.0. The van der Waals surface area contributed by atoms with E-state index < -0.39 is 5.82 Å². The highest BCUT2D eigenvalue weighted by molar-refractivity contribution is 9.10. The van der Waals surface area contributed by atoms with E-state index in [0.29, 0.717) is 10.2 Å². The van der Waals surface area contributed by atoms with Gasteiger partial charge in [-0.25, -0.2) is 4.39 Å². The molecule has 0 amide bonds. The third kappa shape index (κ3) is 3.55. The Kier molecular flexibility index (Phi) is 4.56. The van der Waals surface area contributed by atoms with Crippen LogP contribution in [0.3, 0.4) is 0 Å². The second kappa shape index (κ2) is 6.17. The summed E-state index contributed by atoms with van der Waals surface area (Å²) in [5.74, 6) is 0.396. The van der Waals surface area contributed by atoms with Gasteiger partial charge in [0.05, 0.1) is 0 Å². The third-order valence-electron chi connectivity index (χ3n) is 2.87. The van der Waals surface area contributed by atoms with E-state index in [-0.39, 0.29) is 11.8 Å². The zero-order chi connectivity index (χ0) is 13.8. The highest BCUT2D eigenvalue weighted by Crippen LogP contribution is 2.27. The van der Waals surface area contributed by atoms with Gasteiger partial charge >= 0.3 is 0 Å². The molecule has 4 heteroatoms. The molecule has 0 aliphatic heterocycles. The first-order valence-electron chi connectivity index (χ1n) is 6.08. The van der Waals surface area contributed by atoms with Crippen LogP contribution in [0, 0.1) is 5.82 Å². The molecule has 0 spiro atoms. The number of hydrogen-bond acceptors (Lipinski definition) is 2. The molecule has 19 heavy (non-hydrogen) atoms. The van der Waals surface area contributed by atoms with E-state index in [2.05, 4.69) is 15.9 Å². The smallest absolute Gasteiger partial charge is 0.166 e. The van der Waals surface area contributed by atoms with Crippen molar-refractivity contribution in [2.45, 2.75) is 19.4 Å². The summed E-state index contributed by atoms with van der Waals surface area (Å²) in [4.78, 5) is 0. The molecule has 0 aliphatic carbocycles. The average Bonchev–Trinajstić information content (AvgIpc) is 2.42. The third-order valence-corrected chi connectivity index (χ3v) is 3.36. The summed E-state index contributed by atoms with van der Waals surface area (Å²) >= 11 is 3.21. The van der Waals surface area contributed by atoms with Gasteiger partial charge in [-0.05, 0) is 42.3 Å². The van der Waals surface area contributed by atoms with Gasteiger partial charge in [0.15, 0.2) is 11.6 Å². The van der Waals surface area contributed by atoms with Gasteiger partial charge in [-0.2, -0.15) is 0 Å². The molecule has 2 rings (SSSR count). The van der Waals surface area contributed by atoms with Gasteiger partial charge in [0, 0.05) is 10.5 Å². The minimum Gasteiger partial charge on any atom is -0.454 e. The molecular weight excluding hydrogens is 309 g/mol.